The molecule has 2 aliphatic rings. The third-order valence-corrected chi connectivity index (χ3v) is 6.43. The molecule has 1 N–H and O–H groups in total. The molecule has 0 aromatic heterocycles. The summed E-state index contributed by atoms with van der Waals surface area (Å²) in [5.74, 6) is -7.58. The molecular weight excluding hydrogens is 480 g/mol. The lowest BCUT2D eigenvalue weighted by molar-refractivity contribution is -0.210. The highest BCUT2D eigenvalue weighted by Gasteiger charge is 2.54. The first kappa shape index (κ1) is 25.0. The summed E-state index contributed by atoms with van der Waals surface area (Å²) in [5.41, 5.74) is -2.91. The number of carboxylic acids is 1. The van der Waals surface area contributed by atoms with Crippen molar-refractivity contribution in [1.82, 2.24) is 0 Å². The Morgan fingerprint density at radius 3 is 2.24 bits per heavy atom. The molecule has 180 valence electrons. The Morgan fingerprint density at radius 1 is 1.18 bits per heavy atom. The lowest BCUT2D eigenvalue weighted by Gasteiger charge is -2.44. The summed E-state index contributed by atoms with van der Waals surface area (Å²) in [6, 6.07) is 1.99. The van der Waals surface area contributed by atoms with Crippen LogP contribution in [0.25, 0.3) is 0 Å². The predicted molar refractivity (Wildman–Crippen MR) is 105 cm³/mol. The van der Waals surface area contributed by atoms with Crippen LogP contribution >= 0.6 is 11.6 Å². The van der Waals surface area contributed by atoms with Crippen molar-refractivity contribution in [3.8, 4) is 18.1 Å². The third kappa shape index (κ3) is 4.71. The van der Waals surface area contributed by atoms with E-state index >= 15 is 4.39 Å². The zero-order chi connectivity index (χ0) is 24.8. The van der Waals surface area contributed by atoms with Crippen LogP contribution in [0, 0.1) is 24.1 Å². The Morgan fingerprint density at radius 2 is 1.76 bits per heavy atom. The minimum Gasteiger partial charge on any atom is -0.489 e. The van der Waals surface area contributed by atoms with Crippen LogP contribution in [0.4, 0.5) is 32.0 Å². The van der Waals surface area contributed by atoms with Gasteiger partial charge in [-0.1, -0.05) is 11.6 Å². The third-order valence-electron chi connectivity index (χ3n) is 6.08. The van der Waals surface area contributed by atoms with E-state index in [1.54, 1.807) is 5.92 Å². The lowest BCUT2D eigenvalue weighted by atomic mass is 9.78. The first-order valence-corrected chi connectivity index (χ1v) is 10.2. The minimum absolute atomic E-state index is 0.309. The van der Waals surface area contributed by atoms with E-state index in [0.29, 0.717) is 4.90 Å². The molecule has 0 bridgehead atoms. The molecule has 0 radical (unpaired) electrons. The van der Waals surface area contributed by atoms with Crippen molar-refractivity contribution in [2.45, 2.75) is 62.3 Å². The molecule has 0 saturated heterocycles. The molecule has 0 unspecified atom stereocenters. The highest BCUT2D eigenvalue weighted by atomic mass is 35.5. The van der Waals surface area contributed by atoms with Gasteiger partial charge < -0.3 is 9.84 Å². The van der Waals surface area contributed by atoms with Crippen LogP contribution in [0.1, 0.15) is 38.5 Å². The average Bonchev–Trinajstić information content (AvgIpc) is 2.68. The van der Waals surface area contributed by atoms with Gasteiger partial charge in [0.25, 0.3) is 0 Å². The molecule has 0 heterocycles. The van der Waals surface area contributed by atoms with Crippen LogP contribution in [0.3, 0.4) is 0 Å². The van der Waals surface area contributed by atoms with Crippen LogP contribution in [0.5, 0.6) is 5.75 Å². The van der Waals surface area contributed by atoms with Crippen LogP contribution in [-0.2, 0) is 9.59 Å². The van der Waals surface area contributed by atoms with Crippen molar-refractivity contribution >= 4 is 29.2 Å². The number of carbonyl (C=O) groups is 2. The second-order valence-corrected chi connectivity index (χ2v) is 8.52. The highest BCUT2D eigenvalue weighted by Crippen LogP contribution is 2.47. The summed E-state index contributed by atoms with van der Waals surface area (Å²) >= 11 is 5.97. The number of amides is 1. The number of aliphatic carboxylic acids is 1. The van der Waals surface area contributed by atoms with Gasteiger partial charge in [0, 0.05) is 12.8 Å². The lowest BCUT2D eigenvalue weighted by Crippen LogP contribution is -2.60. The number of alkyl halides is 5. The maximum atomic E-state index is 15.2. The first-order chi connectivity index (χ1) is 15.2. The molecular formula is C21H18ClF6NO4. The molecule has 3 rings (SSSR count). The smallest absolute Gasteiger partial charge is 0.392 e. The molecule has 2 saturated carbocycles. The average molecular weight is 498 g/mol. The minimum atomic E-state index is -4.38. The fraction of sp³-hybridized carbons (Fsp3) is 0.524. The maximum Gasteiger partial charge on any atom is 0.392 e. The van der Waals surface area contributed by atoms with Gasteiger partial charge in [0.2, 0.25) is 5.92 Å². The molecule has 5 nitrogen and oxygen atoms in total. The van der Waals surface area contributed by atoms with E-state index in [4.69, 9.17) is 22.8 Å². The van der Waals surface area contributed by atoms with Gasteiger partial charge in [0.15, 0.2) is 5.82 Å². The number of hydrogen-bond donors (Lipinski definition) is 1. The highest BCUT2D eigenvalue weighted by molar-refractivity contribution is 6.32. The van der Waals surface area contributed by atoms with Gasteiger partial charge in [0.1, 0.15) is 16.3 Å². The molecule has 0 atom stereocenters. The van der Waals surface area contributed by atoms with E-state index in [9.17, 15) is 36.6 Å². The van der Waals surface area contributed by atoms with E-state index in [1.807, 2.05) is 0 Å². The largest absolute Gasteiger partial charge is 0.489 e. The van der Waals surface area contributed by atoms with Gasteiger partial charge in [-0.2, -0.15) is 13.2 Å². The van der Waals surface area contributed by atoms with Crippen molar-refractivity contribution in [3.63, 3.8) is 0 Å². The topological polar surface area (TPSA) is 66.8 Å². The summed E-state index contributed by atoms with van der Waals surface area (Å²) in [4.78, 5) is 25.0. The number of carboxylic acid groups (broad SMARTS) is 1. The summed E-state index contributed by atoms with van der Waals surface area (Å²) in [6.45, 7) is 0. The van der Waals surface area contributed by atoms with Gasteiger partial charge in [-0.25, -0.2) is 18.0 Å². The molecule has 33 heavy (non-hydrogen) atoms. The molecule has 1 aromatic carbocycles. The van der Waals surface area contributed by atoms with E-state index in [-0.39, 0.29) is 18.6 Å². The fourth-order valence-corrected chi connectivity index (χ4v) is 4.26. The number of anilines is 1. The Balaban J connectivity index is 1.93. The normalized spacial score (nSPS) is 23.7. The van der Waals surface area contributed by atoms with Crippen molar-refractivity contribution in [1.29, 1.82) is 0 Å². The van der Waals surface area contributed by atoms with Gasteiger partial charge >= 0.3 is 18.1 Å². The zero-order valence-corrected chi connectivity index (χ0v) is 17.7. The number of hydrogen-bond acceptors (Lipinski definition) is 3. The summed E-state index contributed by atoms with van der Waals surface area (Å²) < 4.78 is 85.8. The van der Waals surface area contributed by atoms with Crippen LogP contribution < -0.4 is 9.64 Å². The van der Waals surface area contributed by atoms with Gasteiger partial charge in [-0.05, 0) is 43.7 Å². The molecule has 12 heteroatoms. The van der Waals surface area contributed by atoms with Crippen LogP contribution in [0.15, 0.2) is 12.1 Å². The first-order valence-electron chi connectivity index (χ1n) is 9.85. The number of ether oxygens (including phenoxy) is 1. The van der Waals surface area contributed by atoms with E-state index in [1.165, 1.54) is 0 Å². The Hall–Kier alpha value is -2.61. The number of benzene rings is 1. The zero-order valence-electron chi connectivity index (χ0n) is 16.9. The number of rotatable bonds is 5. The maximum absolute atomic E-state index is 15.2. The van der Waals surface area contributed by atoms with Gasteiger partial charge in [-0.3, -0.25) is 9.69 Å². The molecule has 2 aliphatic carbocycles. The van der Waals surface area contributed by atoms with Crippen LogP contribution in [-0.4, -0.2) is 40.7 Å². The molecule has 0 spiro atoms. The summed E-state index contributed by atoms with van der Waals surface area (Å²) in [5, 5.41) is 9.11. The van der Waals surface area contributed by atoms with Crippen molar-refractivity contribution < 1.29 is 45.8 Å². The van der Waals surface area contributed by atoms with Gasteiger partial charge in [-0.15, -0.1) is 6.42 Å². The van der Waals surface area contributed by atoms with E-state index in [2.05, 4.69) is 0 Å². The van der Waals surface area contributed by atoms with Crippen molar-refractivity contribution in [2.24, 2.45) is 5.92 Å². The number of terminal acetylenes is 1. The monoisotopic (exact) mass is 497 g/mol. The molecule has 1 amide bonds. The Bertz CT molecular complexity index is 990. The van der Waals surface area contributed by atoms with Gasteiger partial charge in [0.05, 0.1) is 17.7 Å². The number of carbonyl (C=O) groups excluding carboxylic acids is 1. The number of halogens is 7. The predicted octanol–water partition coefficient (Wildman–Crippen LogP) is 5.20. The SMILES string of the molecule is C#CC(=O)N(c1ccc(OC2CC(C(F)(F)F)C2)c(Cl)c1F)C1(C(=O)O)CCC(F)(F)CC1. The van der Waals surface area contributed by atoms with E-state index < -0.39 is 83.7 Å². The Labute approximate surface area is 189 Å². The van der Waals surface area contributed by atoms with Crippen molar-refractivity contribution in [2.75, 3.05) is 4.90 Å². The second kappa shape index (κ2) is 8.63. The number of nitrogens with zero attached hydrogens (tertiary/aromatic N) is 1. The van der Waals surface area contributed by atoms with Crippen LogP contribution in [0.2, 0.25) is 5.02 Å². The molecule has 0 aliphatic heterocycles. The molecule has 2 fully saturated rings. The second-order valence-electron chi connectivity index (χ2n) is 8.14. The quantitative estimate of drug-likeness (QED) is 0.449. The molecule has 1 aromatic rings. The van der Waals surface area contributed by atoms with E-state index in [0.717, 1.165) is 12.1 Å². The van der Waals surface area contributed by atoms with Crippen molar-refractivity contribution in [3.05, 3.63) is 23.0 Å². The summed E-state index contributed by atoms with van der Waals surface area (Å²) in [6.07, 6.45) is -3.93. The fourth-order valence-electron chi connectivity index (χ4n) is 4.06. The Kier molecular flexibility index (Phi) is 6.54. The summed E-state index contributed by atoms with van der Waals surface area (Å²) in [7, 11) is 0. The standard InChI is InChI=1S/C21H18ClF6NO4/c1-2-15(30)29(19(18(31)32)5-7-20(24,25)8-6-19)13-3-4-14(16(22)17(13)23)33-12-9-11(10-12)21(26,27)28/h1,3-4,11-12H,5-10H2,(H,31,32).